The Hall–Kier alpha value is -2.16. The summed E-state index contributed by atoms with van der Waals surface area (Å²) in [5, 5.41) is 13.3. The first-order valence-electron chi connectivity index (χ1n) is 9.00. The Bertz CT molecular complexity index is 733. The van der Waals surface area contributed by atoms with Crippen LogP contribution in [0.15, 0.2) is 36.7 Å². The Labute approximate surface area is 149 Å². The summed E-state index contributed by atoms with van der Waals surface area (Å²) in [5.74, 6) is 0. The molecule has 5 nitrogen and oxygen atoms in total. The molecule has 0 unspecified atom stereocenters. The molecule has 0 saturated carbocycles. The highest BCUT2D eigenvalue weighted by atomic mass is 16.5. The van der Waals surface area contributed by atoms with Crippen LogP contribution in [0.4, 0.5) is 0 Å². The Kier molecular flexibility index (Phi) is 5.85. The number of aryl methyl sites for hydroxylation is 1. The van der Waals surface area contributed by atoms with Crippen LogP contribution in [0.2, 0.25) is 0 Å². The summed E-state index contributed by atoms with van der Waals surface area (Å²) >= 11 is 0. The van der Waals surface area contributed by atoms with Crippen LogP contribution >= 0.6 is 0 Å². The molecule has 0 spiro atoms. The lowest BCUT2D eigenvalue weighted by Crippen LogP contribution is -2.32. The van der Waals surface area contributed by atoms with Crippen LogP contribution in [0.3, 0.4) is 0 Å². The van der Waals surface area contributed by atoms with Gasteiger partial charge in [0.25, 0.3) is 0 Å². The van der Waals surface area contributed by atoms with E-state index in [-0.39, 0.29) is 6.10 Å². The number of ether oxygens (including phenoxy) is 1. The maximum Gasteiger partial charge on any atom is 0.0991 e. The molecule has 132 valence electrons. The van der Waals surface area contributed by atoms with E-state index in [1.807, 2.05) is 36.1 Å². The summed E-state index contributed by atoms with van der Waals surface area (Å²) in [6, 6.07) is 10.1. The van der Waals surface area contributed by atoms with Gasteiger partial charge in [-0.05, 0) is 43.5 Å². The minimum Gasteiger partial charge on any atom is -0.373 e. The van der Waals surface area contributed by atoms with Gasteiger partial charge in [0, 0.05) is 31.9 Å². The molecule has 2 heterocycles. The van der Waals surface area contributed by atoms with E-state index in [4.69, 9.17) is 10.00 Å². The molecule has 2 aromatic rings. The largest absolute Gasteiger partial charge is 0.373 e. The Morgan fingerprint density at radius 3 is 2.88 bits per heavy atom. The first-order chi connectivity index (χ1) is 12.2. The smallest absolute Gasteiger partial charge is 0.0991 e. The quantitative estimate of drug-likeness (QED) is 0.779. The fourth-order valence-electron chi connectivity index (χ4n) is 3.50. The summed E-state index contributed by atoms with van der Waals surface area (Å²) in [4.78, 5) is 2.42. The Morgan fingerprint density at radius 1 is 1.32 bits per heavy atom. The van der Waals surface area contributed by atoms with Crippen molar-refractivity contribution in [2.75, 3.05) is 13.1 Å². The molecule has 25 heavy (non-hydrogen) atoms. The number of likely N-dealkylation sites (N-methyl/N-ethyl adjacent to an activating group) is 1. The zero-order chi connectivity index (χ0) is 17.6. The summed E-state index contributed by atoms with van der Waals surface area (Å²) in [6.45, 7) is 5.07. The molecule has 0 N–H and O–H groups in total. The van der Waals surface area contributed by atoms with Crippen molar-refractivity contribution >= 4 is 0 Å². The van der Waals surface area contributed by atoms with Crippen LogP contribution < -0.4 is 0 Å². The molecule has 2 atom stereocenters. The second-order valence-electron chi connectivity index (χ2n) is 6.82. The van der Waals surface area contributed by atoms with Crippen molar-refractivity contribution in [2.45, 2.75) is 44.9 Å². The summed E-state index contributed by atoms with van der Waals surface area (Å²) in [7, 11) is 1.95. The molecule has 0 radical (unpaired) electrons. The minimum absolute atomic E-state index is 0.260. The van der Waals surface area contributed by atoms with Crippen molar-refractivity contribution in [3.05, 3.63) is 53.3 Å². The molecular formula is C20H26N4O. The highest BCUT2D eigenvalue weighted by Gasteiger charge is 2.26. The number of nitrogens with zero attached hydrogens (tertiary/aromatic N) is 4. The van der Waals surface area contributed by atoms with E-state index in [1.165, 1.54) is 11.1 Å². The molecule has 5 heteroatoms. The van der Waals surface area contributed by atoms with Crippen LogP contribution in [0.1, 0.15) is 36.5 Å². The van der Waals surface area contributed by atoms with E-state index < -0.39 is 0 Å². The zero-order valence-corrected chi connectivity index (χ0v) is 15.1. The topological polar surface area (TPSA) is 54.1 Å². The first-order valence-corrected chi connectivity index (χ1v) is 9.00. The van der Waals surface area contributed by atoms with Gasteiger partial charge in [-0.3, -0.25) is 9.58 Å². The summed E-state index contributed by atoms with van der Waals surface area (Å²) in [5.41, 5.74) is 3.15. The van der Waals surface area contributed by atoms with Gasteiger partial charge >= 0.3 is 0 Å². The normalized spacial score (nSPS) is 20.1. The van der Waals surface area contributed by atoms with Crippen LogP contribution in [-0.2, 0) is 24.8 Å². The van der Waals surface area contributed by atoms with Gasteiger partial charge in [-0.2, -0.15) is 10.4 Å². The van der Waals surface area contributed by atoms with E-state index in [0.717, 1.165) is 44.5 Å². The highest BCUT2D eigenvalue weighted by molar-refractivity contribution is 5.33. The molecule has 0 bridgehead atoms. The molecule has 1 aliphatic rings. The predicted molar refractivity (Wildman–Crippen MR) is 96.9 cm³/mol. The lowest BCUT2D eigenvalue weighted by atomic mass is 10.0. The summed E-state index contributed by atoms with van der Waals surface area (Å²) in [6.07, 6.45) is 7.64. The number of rotatable bonds is 7. The van der Waals surface area contributed by atoms with Gasteiger partial charge in [-0.15, -0.1) is 0 Å². The third kappa shape index (κ3) is 4.91. The monoisotopic (exact) mass is 338 g/mol. The van der Waals surface area contributed by atoms with Crippen LogP contribution in [-0.4, -0.2) is 40.0 Å². The van der Waals surface area contributed by atoms with E-state index in [1.54, 1.807) is 0 Å². The van der Waals surface area contributed by atoms with Gasteiger partial charge in [0.15, 0.2) is 0 Å². The SMILES string of the molecule is CCN(Cc1cnn(C)c1)C[C@H]1CC[C@@H](Cc2cccc(C#N)c2)O1. The van der Waals surface area contributed by atoms with E-state index >= 15 is 0 Å². The number of aromatic nitrogens is 2. The number of nitriles is 1. The molecule has 3 rings (SSSR count). The van der Waals surface area contributed by atoms with Crippen molar-refractivity contribution in [1.29, 1.82) is 5.26 Å². The van der Waals surface area contributed by atoms with Gasteiger partial charge < -0.3 is 4.74 Å². The van der Waals surface area contributed by atoms with E-state index in [0.29, 0.717) is 6.10 Å². The fraction of sp³-hybridized carbons (Fsp3) is 0.500. The highest BCUT2D eigenvalue weighted by Crippen LogP contribution is 2.24. The fourth-order valence-corrected chi connectivity index (χ4v) is 3.50. The lowest BCUT2D eigenvalue weighted by Gasteiger charge is -2.23. The first kappa shape index (κ1) is 17.7. The van der Waals surface area contributed by atoms with Gasteiger partial charge in [0.1, 0.15) is 0 Å². The third-order valence-electron chi connectivity index (χ3n) is 4.79. The van der Waals surface area contributed by atoms with Crippen LogP contribution in [0.25, 0.3) is 0 Å². The standard InChI is InChI=1S/C20H26N4O/c1-3-24(14-18-12-22-23(2)13-18)15-20-8-7-19(25-20)10-16-5-4-6-17(9-16)11-21/h4-6,9,12-13,19-20H,3,7-8,10,14-15H2,1-2H3/t19-,20+/m0/s1. The average molecular weight is 338 g/mol. The second kappa shape index (κ2) is 8.28. The van der Waals surface area contributed by atoms with Crippen molar-refractivity contribution in [1.82, 2.24) is 14.7 Å². The zero-order valence-electron chi connectivity index (χ0n) is 15.1. The van der Waals surface area contributed by atoms with Gasteiger partial charge in [0.05, 0.1) is 30.0 Å². The van der Waals surface area contributed by atoms with E-state index in [2.05, 4.69) is 35.3 Å². The van der Waals surface area contributed by atoms with Crippen LogP contribution in [0.5, 0.6) is 0 Å². The Balaban J connectivity index is 1.50. The summed E-state index contributed by atoms with van der Waals surface area (Å²) < 4.78 is 8.12. The number of benzene rings is 1. The minimum atomic E-state index is 0.260. The van der Waals surface area contributed by atoms with Gasteiger partial charge in [-0.1, -0.05) is 19.1 Å². The van der Waals surface area contributed by atoms with E-state index in [9.17, 15) is 0 Å². The maximum atomic E-state index is 9.02. The average Bonchev–Trinajstić information content (AvgIpc) is 3.23. The molecule has 1 saturated heterocycles. The van der Waals surface area contributed by atoms with Crippen molar-refractivity contribution in [3.63, 3.8) is 0 Å². The molecular weight excluding hydrogens is 312 g/mol. The number of hydrogen-bond donors (Lipinski definition) is 0. The predicted octanol–water partition coefficient (Wildman–Crippen LogP) is 2.90. The Morgan fingerprint density at radius 2 is 2.16 bits per heavy atom. The van der Waals surface area contributed by atoms with Gasteiger partial charge in [0.2, 0.25) is 0 Å². The van der Waals surface area contributed by atoms with Gasteiger partial charge in [-0.25, -0.2) is 0 Å². The van der Waals surface area contributed by atoms with Crippen molar-refractivity contribution in [2.24, 2.45) is 7.05 Å². The number of hydrogen-bond acceptors (Lipinski definition) is 4. The molecule has 1 aromatic heterocycles. The molecule has 1 fully saturated rings. The van der Waals surface area contributed by atoms with Crippen LogP contribution in [0, 0.1) is 11.3 Å². The third-order valence-corrected chi connectivity index (χ3v) is 4.79. The molecule has 1 aromatic carbocycles. The molecule has 0 aliphatic carbocycles. The molecule has 0 amide bonds. The van der Waals surface area contributed by atoms with Crippen molar-refractivity contribution < 1.29 is 4.74 Å². The second-order valence-corrected chi connectivity index (χ2v) is 6.82. The molecule has 1 aliphatic heterocycles. The van der Waals surface area contributed by atoms with Crippen molar-refractivity contribution in [3.8, 4) is 6.07 Å². The lowest BCUT2D eigenvalue weighted by molar-refractivity contribution is 0.0227. The maximum absolute atomic E-state index is 9.02.